The first-order valence-corrected chi connectivity index (χ1v) is 14.2. The predicted octanol–water partition coefficient (Wildman–Crippen LogP) is 6.34. The second-order valence-electron chi connectivity index (χ2n) is 10.0. The average Bonchev–Trinajstić information content (AvgIpc) is 3.47. The van der Waals surface area contributed by atoms with E-state index in [9.17, 15) is 10.1 Å². The maximum atomic E-state index is 12.1. The Labute approximate surface area is 222 Å². The summed E-state index contributed by atoms with van der Waals surface area (Å²) < 4.78 is 13.9. The van der Waals surface area contributed by atoms with E-state index < -0.39 is 0 Å². The average molecular weight is 519 g/mol. The van der Waals surface area contributed by atoms with Crippen molar-refractivity contribution < 1.29 is 14.3 Å². The smallest absolute Gasteiger partial charge is 0.319 e. The number of anilines is 1. The van der Waals surface area contributed by atoms with Gasteiger partial charge in [-0.05, 0) is 69.4 Å². The zero-order chi connectivity index (χ0) is 25.8. The van der Waals surface area contributed by atoms with Crippen molar-refractivity contribution in [1.29, 1.82) is 5.26 Å². The number of nitrogens with zero attached hydrogens (tertiary/aromatic N) is 2. The fourth-order valence-electron chi connectivity index (χ4n) is 4.96. The Kier molecular flexibility index (Phi) is 7.92. The van der Waals surface area contributed by atoms with Crippen LogP contribution < -0.4 is 15.4 Å². The molecule has 2 N–H and O–H groups in total. The van der Waals surface area contributed by atoms with Gasteiger partial charge in [-0.2, -0.15) is 17.0 Å². The number of thioether (sulfide) groups is 1. The van der Waals surface area contributed by atoms with Gasteiger partial charge in [0.2, 0.25) is 0 Å². The molecule has 194 valence electrons. The van der Waals surface area contributed by atoms with E-state index in [-0.39, 0.29) is 12.1 Å². The molecule has 2 heterocycles. The summed E-state index contributed by atoms with van der Waals surface area (Å²) in [6, 6.07) is 16.5. The van der Waals surface area contributed by atoms with Gasteiger partial charge in [0.05, 0.1) is 30.0 Å². The molecule has 2 aliphatic rings. The molecule has 3 aromatic rings. The first-order valence-electron chi connectivity index (χ1n) is 13.1. The van der Waals surface area contributed by atoms with Crippen LogP contribution in [0.3, 0.4) is 0 Å². The summed E-state index contributed by atoms with van der Waals surface area (Å²) in [6.07, 6.45) is 4.51. The van der Waals surface area contributed by atoms with Crippen LogP contribution in [0.1, 0.15) is 51.1 Å². The fraction of sp³-hybridized carbons (Fsp3) is 0.448. The number of nitrogens with one attached hydrogen (secondary N) is 2. The number of benzene rings is 2. The summed E-state index contributed by atoms with van der Waals surface area (Å²) in [5.41, 5.74) is 4.35. The van der Waals surface area contributed by atoms with Gasteiger partial charge >= 0.3 is 6.03 Å². The molecule has 8 heteroatoms. The summed E-state index contributed by atoms with van der Waals surface area (Å²) in [5.74, 6) is 1.76. The van der Waals surface area contributed by atoms with Crippen molar-refractivity contribution in [3.8, 4) is 23.1 Å². The zero-order valence-electron chi connectivity index (χ0n) is 21.5. The molecule has 1 aliphatic heterocycles. The summed E-state index contributed by atoms with van der Waals surface area (Å²) in [4.78, 5) is 12.1. The lowest BCUT2D eigenvalue weighted by atomic mass is 9.92. The molecular weight excluding hydrogens is 484 g/mol. The summed E-state index contributed by atoms with van der Waals surface area (Å²) in [7, 11) is 0. The number of hydrogen-bond donors (Lipinski definition) is 2. The van der Waals surface area contributed by atoms with Crippen molar-refractivity contribution in [2.24, 2.45) is 0 Å². The number of aromatic nitrogens is 1. The molecule has 1 saturated heterocycles. The first-order chi connectivity index (χ1) is 18.0. The van der Waals surface area contributed by atoms with E-state index in [4.69, 9.17) is 9.47 Å². The number of carbonyl (C=O) groups is 1. The van der Waals surface area contributed by atoms with Crippen LogP contribution >= 0.6 is 11.8 Å². The monoisotopic (exact) mass is 518 g/mol. The van der Waals surface area contributed by atoms with Gasteiger partial charge < -0.3 is 24.7 Å². The molecule has 1 atom stereocenters. The molecule has 0 bridgehead atoms. The van der Waals surface area contributed by atoms with Gasteiger partial charge in [-0.25, -0.2) is 4.79 Å². The minimum absolute atomic E-state index is 0.0603. The second kappa shape index (κ2) is 11.5. The number of nitriles is 1. The Balaban J connectivity index is 1.41. The van der Waals surface area contributed by atoms with Crippen molar-refractivity contribution >= 4 is 34.4 Å². The number of fused-ring (bicyclic) bond motifs is 1. The number of amides is 2. The Morgan fingerprint density at radius 2 is 2.03 bits per heavy atom. The topological polar surface area (TPSA) is 88.3 Å². The minimum Gasteiger partial charge on any atom is -0.493 e. The molecule has 2 aromatic carbocycles. The van der Waals surface area contributed by atoms with E-state index in [2.05, 4.69) is 27.3 Å². The van der Waals surface area contributed by atoms with Crippen molar-refractivity contribution in [3.63, 3.8) is 0 Å². The molecule has 0 radical (unpaired) electrons. The molecule has 2 fully saturated rings. The first kappa shape index (κ1) is 25.5. The number of rotatable bonds is 9. The molecule has 7 nitrogen and oxygen atoms in total. The fourth-order valence-corrected chi connectivity index (χ4v) is 5.93. The lowest BCUT2D eigenvalue weighted by molar-refractivity contribution is 0.199. The normalized spacial score (nSPS) is 17.5. The lowest BCUT2D eigenvalue weighted by Gasteiger charge is -2.30. The molecule has 2 amide bonds. The number of ether oxygens (including phenoxy) is 2. The van der Waals surface area contributed by atoms with Crippen molar-refractivity contribution in [2.75, 3.05) is 30.9 Å². The molecule has 1 aliphatic carbocycles. The highest BCUT2D eigenvalue weighted by Gasteiger charge is 2.28. The SMILES string of the molecule is CC(C)NC(=O)Nc1ccc(-c2c(C#N)c3ccc(OCCSC4CCOC4)cc3n2C2CCC2)cc1. The van der Waals surface area contributed by atoms with Crippen LogP contribution in [0.25, 0.3) is 22.2 Å². The van der Waals surface area contributed by atoms with Crippen LogP contribution in [0.2, 0.25) is 0 Å². The quantitative estimate of drug-likeness (QED) is 0.323. The molecule has 0 spiro atoms. The third-order valence-corrected chi connectivity index (χ3v) is 8.20. The number of carbonyl (C=O) groups excluding carboxylic acids is 1. The van der Waals surface area contributed by atoms with Crippen molar-refractivity contribution in [3.05, 3.63) is 48.0 Å². The summed E-state index contributed by atoms with van der Waals surface area (Å²) >= 11 is 1.91. The van der Waals surface area contributed by atoms with E-state index in [1.54, 1.807) is 0 Å². The van der Waals surface area contributed by atoms with Crippen molar-refractivity contribution in [2.45, 2.75) is 56.9 Å². The van der Waals surface area contributed by atoms with Gasteiger partial charge in [0, 0.05) is 46.8 Å². The molecule has 5 rings (SSSR count). The van der Waals surface area contributed by atoms with Gasteiger partial charge in [-0.3, -0.25) is 0 Å². The van der Waals surface area contributed by atoms with E-state index in [1.807, 2.05) is 62.0 Å². The maximum Gasteiger partial charge on any atom is 0.319 e. The van der Waals surface area contributed by atoms with Crippen LogP contribution in [0.15, 0.2) is 42.5 Å². The van der Waals surface area contributed by atoms with E-state index in [1.165, 1.54) is 6.42 Å². The van der Waals surface area contributed by atoms with Crippen LogP contribution in [0.4, 0.5) is 10.5 Å². The van der Waals surface area contributed by atoms with E-state index in [0.29, 0.717) is 29.1 Å². The molecular formula is C29H34N4O3S. The molecule has 37 heavy (non-hydrogen) atoms. The summed E-state index contributed by atoms with van der Waals surface area (Å²) in [6.45, 7) is 6.20. The lowest BCUT2D eigenvalue weighted by Crippen LogP contribution is -2.34. The van der Waals surface area contributed by atoms with Crippen LogP contribution in [-0.2, 0) is 4.74 Å². The van der Waals surface area contributed by atoms with Crippen molar-refractivity contribution in [1.82, 2.24) is 9.88 Å². The highest BCUT2D eigenvalue weighted by molar-refractivity contribution is 7.99. The van der Waals surface area contributed by atoms with E-state index in [0.717, 1.165) is 66.1 Å². The largest absolute Gasteiger partial charge is 0.493 e. The Bertz CT molecular complexity index is 1290. The highest BCUT2D eigenvalue weighted by atomic mass is 32.2. The van der Waals surface area contributed by atoms with Crippen LogP contribution in [-0.4, -0.2) is 47.5 Å². The van der Waals surface area contributed by atoms with Gasteiger partial charge in [0.25, 0.3) is 0 Å². The minimum atomic E-state index is -0.230. The van der Waals surface area contributed by atoms with Gasteiger partial charge in [-0.1, -0.05) is 12.1 Å². The third kappa shape index (κ3) is 5.73. The summed E-state index contributed by atoms with van der Waals surface area (Å²) in [5, 5.41) is 17.4. The maximum absolute atomic E-state index is 12.1. The molecule has 1 unspecified atom stereocenters. The predicted molar refractivity (Wildman–Crippen MR) is 149 cm³/mol. The Morgan fingerprint density at radius 3 is 2.68 bits per heavy atom. The van der Waals surface area contributed by atoms with Gasteiger partial charge in [0.15, 0.2) is 0 Å². The zero-order valence-corrected chi connectivity index (χ0v) is 22.3. The third-order valence-electron chi connectivity index (χ3n) is 6.96. The second-order valence-corrected chi connectivity index (χ2v) is 11.4. The number of urea groups is 1. The standard InChI is InChI=1S/C29H34N4O3S/c1-19(2)31-29(34)32-21-8-6-20(7-9-21)28-26(17-30)25-11-10-23(16-27(25)33(28)22-4-3-5-22)36-14-15-37-24-12-13-35-18-24/h6-11,16,19,22,24H,3-5,12-15,18H2,1-2H3,(H2,31,32,34). The Morgan fingerprint density at radius 1 is 1.22 bits per heavy atom. The van der Waals surface area contributed by atoms with Crippen LogP contribution in [0, 0.1) is 11.3 Å². The molecule has 1 saturated carbocycles. The highest BCUT2D eigenvalue weighted by Crippen LogP contribution is 2.43. The van der Waals surface area contributed by atoms with E-state index >= 15 is 0 Å². The number of hydrogen-bond acceptors (Lipinski definition) is 5. The molecule has 1 aromatic heterocycles. The van der Waals surface area contributed by atoms with Crippen LogP contribution in [0.5, 0.6) is 5.75 Å². The van der Waals surface area contributed by atoms with Gasteiger partial charge in [-0.15, -0.1) is 0 Å². The Hall–Kier alpha value is -3.15. The van der Waals surface area contributed by atoms with Gasteiger partial charge in [0.1, 0.15) is 11.8 Å².